The Hall–Kier alpha value is -2.24. The highest BCUT2D eigenvalue weighted by atomic mass is 35.5. The molecule has 24 heavy (non-hydrogen) atoms. The summed E-state index contributed by atoms with van der Waals surface area (Å²) in [4.78, 5) is 23.9. The zero-order valence-corrected chi connectivity index (χ0v) is 14.5. The van der Waals surface area contributed by atoms with Crippen LogP contribution in [0.25, 0.3) is 0 Å². The number of carbonyl (C=O) groups is 2. The minimum atomic E-state index is -0.695. The van der Waals surface area contributed by atoms with Crippen molar-refractivity contribution in [1.29, 1.82) is 0 Å². The molecule has 2 aromatic rings. The molecular weight excluding hydrogens is 349 g/mol. The topological polar surface area (TPSA) is 70.2 Å². The van der Waals surface area contributed by atoms with E-state index >= 15 is 0 Å². The zero-order valence-electron chi connectivity index (χ0n) is 13.0. The average molecular weight is 366 g/mol. The van der Waals surface area contributed by atoms with Gasteiger partial charge in [-0.15, -0.1) is 0 Å². The summed E-state index contributed by atoms with van der Waals surface area (Å²) in [5.41, 5.74) is 1.39. The first kappa shape index (κ1) is 18.1. The Morgan fingerprint density at radius 2 is 1.79 bits per heavy atom. The van der Waals surface area contributed by atoms with E-state index in [4.69, 9.17) is 23.2 Å². The van der Waals surface area contributed by atoms with Crippen LogP contribution in [0.15, 0.2) is 48.5 Å². The second-order valence-electron chi connectivity index (χ2n) is 5.14. The molecule has 3 amide bonds. The first-order chi connectivity index (χ1) is 11.5. The van der Waals surface area contributed by atoms with Crippen LogP contribution < -0.4 is 16.0 Å². The molecule has 2 aromatic carbocycles. The summed E-state index contributed by atoms with van der Waals surface area (Å²) in [5, 5.41) is 8.95. The molecule has 1 atom stereocenters. The molecule has 7 heteroatoms. The van der Waals surface area contributed by atoms with Crippen LogP contribution >= 0.6 is 23.2 Å². The molecule has 0 spiro atoms. The Morgan fingerprint density at radius 3 is 2.46 bits per heavy atom. The van der Waals surface area contributed by atoms with E-state index in [0.29, 0.717) is 15.7 Å². The molecule has 0 bridgehead atoms. The molecule has 0 aliphatic heterocycles. The molecule has 2 rings (SSSR count). The van der Waals surface area contributed by atoms with Gasteiger partial charge >= 0.3 is 6.03 Å². The molecule has 126 valence electrons. The third-order valence-electron chi connectivity index (χ3n) is 3.24. The van der Waals surface area contributed by atoms with Crippen molar-refractivity contribution in [3.63, 3.8) is 0 Å². The first-order valence-electron chi connectivity index (χ1n) is 7.30. The average Bonchev–Trinajstić information content (AvgIpc) is 2.54. The van der Waals surface area contributed by atoms with Crippen LogP contribution in [-0.4, -0.2) is 18.0 Å². The van der Waals surface area contributed by atoms with Gasteiger partial charge in [0.15, 0.2) is 0 Å². The van der Waals surface area contributed by atoms with Crippen LogP contribution in [0, 0.1) is 0 Å². The molecular formula is C17H17Cl2N3O2. The minimum Gasteiger partial charge on any atom is -0.350 e. The van der Waals surface area contributed by atoms with Gasteiger partial charge < -0.3 is 16.0 Å². The van der Waals surface area contributed by atoms with E-state index in [1.54, 1.807) is 37.3 Å². The van der Waals surface area contributed by atoms with Crippen molar-refractivity contribution in [3.8, 4) is 0 Å². The molecule has 0 saturated heterocycles. The van der Waals surface area contributed by atoms with Crippen LogP contribution in [0.4, 0.5) is 10.5 Å². The Bertz CT molecular complexity index is 723. The smallest absolute Gasteiger partial charge is 0.319 e. The van der Waals surface area contributed by atoms with Gasteiger partial charge in [0.2, 0.25) is 5.91 Å². The Morgan fingerprint density at radius 1 is 1.08 bits per heavy atom. The first-order valence-corrected chi connectivity index (χ1v) is 8.05. The lowest BCUT2D eigenvalue weighted by molar-refractivity contribution is -0.122. The van der Waals surface area contributed by atoms with Crippen molar-refractivity contribution in [1.82, 2.24) is 10.6 Å². The van der Waals surface area contributed by atoms with E-state index in [0.717, 1.165) is 5.56 Å². The fourth-order valence-electron chi connectivity index (χ4n) is 1.95. The van der Waals surface area contributed by atoms with Gasteiger partial charge in [-0.05, 0) is 36.8 Å². The number of amides is 3. The molecule has 0 saturated carbocycles. The number of urea groups is 1. The number of carbonyl (C=O) groups excluding carboxylic acids is 2. The Kier molecular flexibility index (Phi) is 6.46. The summed E-state index contributed by atoms with van der Waals surface area (Å²) in [6.45, 7) is 1.85. The molecule has 0 radical (unpaired) electrons. The van der Waals surface area contributed by atoms with E-state index in [1.807, 2.05) is 18.2 Å². The molecule has 0 aromatic heterocycles. The van der Waals surface area contributed by atoms with Gasteiger partial charge in [0, 0.05) is 22.3 Å². The lowest BCUT2D eigenvalue weighted by Crippen LogP contribution is -2.46. The number of hydrogen-bond acceptors (Lipinski definition) is 2. The molecule has 0 heterocycles. The molecule has 1 unspecified atom stereocenters. The SMILES string of the molecule is CC(NC(=O)Nc1ccccc1)C(=O)NCc1ccc(Cl)cc1Cl. The lowest BCUT2D eigenvalue weighted by Gasteiger charge is -2.15. The van der Waals surface area contributed by atoms with Crippen molar-refractivity contribution >= 4 is 40.8 Å². The van der Waals surface area contributed by atoms with Crippen molar-refractivity contribution < 1.29 is 9.59 Å². The summed E-state index contributed by atoms with van der Waals surface area (Å²) in [7, 11) is 0. The van der Waals surface area contributed by atoms with Gasteiger partial charge in [0.05, 0.1) is 0 Å². The van der Waals surface area contributed by atoms with E-state index in [1.165, 1.54) is 0 Å². The second-order valence-corrected chi connectivity index (χ2v) is 5.98. The van der Waals surface area contributed by atoms with Gasteiger partial charge in [-0.2, -0.15) is 0 Å². The van der Waals surface area contributed by atoms with Crippen LogP contribution in [0.5, 0.6) is 0 Å². The minimum absolute atomic E-state index is 0.251. The third kappa shape index (κ3) is 5.44. The maximum atomic E-state index is 12.1. The molecule has 0 fully saturated rings. The quantitative estimate of drug-likeness (QED) is 0.753. The number of anilines is 1. The van der Waals surface area contributed by atoms with E-state index in [9.17, 15) is 9.59 Å². The van der Waals surface area contributed by atoms with Gasteiger partial charge in [-0.25, -0.2) is 4.79 Å². The highest BCUT2D eigenvalue weighted by Crippen LogP contribution is 2.20. The van der Waals surface area contributed by atoms with Crippen LogP contribution in [0.1, 0.15) is 12.5 Å². The largest absolute Gasteiger partial charge is 0.350 e. The lowest BCUT2D eigenvalue weighted by atomic mass is 10.2. The Labute approximate surface area is 150 Å². The highest BCUT2D eigenvalue weighted by Gasteiger charge is 2.15. The standard InChI is InChI=1S/C17H17Cl2N3O2/c1-11(21-17(24)22-14-5-3-2-4-6-14)16(23)20-10-12-7-8-13(18)9-15(12)19/h2-9,11H,10H2,1H3,(H,20,23)(H2,21,22,24). The number of hydrogen-bond donors (Lipinski definition) is 3. The maximum absolute atomic E-state index is 12.1. The number of benzene rings is 2. The second kappa shape index (κ2) is 8.57. The summed E-state index contributed by atoms with van der Waals surface area (Å²) in [5.74, 6) is -0.316. The molecule has 3 N–H and O–H groups in total. The number of rotatable bonds is 5. The van der Waals surface area contributed by atoms with Crippen LogP contribution in [-0.2, 0) is 11.3 Å². The number of para-hydroxylation sites is 1. The normalized spacial score (nSPS) is 11.5. The van der Waals surface area contributed by atoms with E-state index in [-0.39, 0.29) is 12.5 Å². The molecule has 0 aliphatic rings. The van der Waals surface area contributed by atoms with E-state index < -0.39 is 12.1 Å². The summed E-state index contributed by atoms with van der Waals surface area (Å²) >= 11 is 11.9. The van der Waals surface area contributed by atoms with Gasteiger partial charge in [-0.3, -0.25) is 4.79 Å². The predicted molar refractivity (Wildman–Crippen MR) is 96.4 cm³/mol. The highest BCUT2D eigenvalue weighted by molar-refractivity contribution is 6.35. The van der Waals surface area contributed by atoms with E-state index in [2.05, 4.69) is 16.0 Å². The predicted octanol–water partition coefficient (Wildman–Crippen LogP) is 3.82. The summed E-state index contributed by atoms with van der Waals surface area (Å²) < 4.78 is 0. The van der Waals surface area contributed by atoms with Crippen molar-refractivity contribution in [3.05, 3.63) is 64.1 Å². The van der Waals surface area contributed by atoms with Crippen molar-refractivity contribution in [2.75, 3.05) is 5.32 Å². The monoisotopic (exact) mass is 365 g/mol. The van der Waals surface area contributed by atoms with Gasteiger partial charge in [-0.1, -0.05) is 47.5 Å². The summed E-state index contributed by atoms with van der Waals surface area (Å²) in [6, 6.07) is 12.9. The van der Waals surface area contributed by atoms with Gasteiger partial charge in [0.25, 0.3) is 0 Å². The van der Waals surface area contributed by atoms with Crippen molar-refractivity contribution in [2.24, 2.45) is 0 Å². The van der Waals surface area contributed by atoms with Crippen LogP contribution in [0.2, 0.25) is 10.0 Å². The molecule has 5 nitrogen and oxygen atoms in total. The zero-order chi connectivity index (χ0) is 17.5. The maximum Gasteiger partial charge on any atom is 0.319 e. The van der Waals surface area contributed by atoms with Gasteiger partial charge in [0.1, 0.15) is 6.04 Å². The fourth-order valence-corrected chi connectivity index (χ4v) is 2.43. The molecule has 0 aliphatic carbocycles. The van der Waals surface area contributed by atoms with Crippen LogP contribution in [0.3, 0.4) is 0 Å². The number of nitrogens with one attached hydrogen (secondary N) is 3. The summed E-state index contributed by atoms with van der Waals surface area (Å²) in [6.07, 6.45) is 0. The van der Waals surface area contributed by atoms with Crippen molar-refractivity contribution in [2.45, 2.75) is 19.5 Å². The fraction of sp³-hybridized carbons (Fsp3) is 0.176. The number of halogens is 2. The third-order valence-corrected chi connectivity index (χ3v) is 3.83. The Balaban J connectivity index is 1.82.